The number of carbonyl (C=O) groups is 1. The number of ether oxygens (including phenoxy) is 1. The Morgan fingerprint density at radius 2 is 1.92 bits per heavy atom. The normalized spacial score (nSPS) is 19.8. The van der Waals surface area contributed by atoms with Crippen molar-refractivity contribution in [1.82, 2.24) is 4.90 Å². The molecule has 140 valence electrons. The zero-order chi connectivity index (χ0) is 18.6. The molecular formula is C21H34N2O2. The van der Waals surface area contributed by atoms with Crippen molar-refractivity contribution in [2.24, 2.45) is 17.6 Å². The van der Waals surface area contributed by atoms with Gasteiger partial charge in [-0.05, 0) is 63.1 Å². The SMILES string of the molecule is CC(C)COc1ccc(C(C)(C)C(=O)N2CCCC(C(C)N)C2)cc1. The van der Waals surface area contributed by atoms with Gasteiger partial charge in [0.25, 0.3) is 0 Å². The van der Waals surface area contributed by atoms with Crippen molar-refractivity contribution in [1.29, 1.82) is 0 Å². The number of benzene rings is 1. The molecule has 0 radical (unpaired) electrons. The molecule has 0 spiro atoms. The van der Waals surface area contributed by atoms with Crippen LogP contribution < -0.4 is 10.5 Å². The summed E-state index contributed by atoms with van der Waals surface area (Å²) < 4.78 is 5.74. The lowest BCUT2D eigenvalue weighted by Gasteiger charge is -2.39. The van der Waals surface area contributed by atoms with Gasteiger partial charge in [0.1, 0.15) is 5.75 Å². The Labute approximate surface area is 152 Å². The minimum absolute atomic E-state index is 0.135. The van der Waals surface area contributed by atoms with Crippen LogP contribution in [-0.4, -0.2) is 36.5 Å². The van der Waals surface area contributed by atoms with Gasteiger partial charge in [0.2, 0.25) is 5.91 Å². The fourth-order valence-corrected chi connectivity index (χ4v) is 3.37. The van der Waals surface area contributed by atoms with Crippen LogP contribution in [0.25, 0.3) is 0 Å². The Morgan fingerprint density at radius 3 is 2.48 bits per heavy atom. The van der Waals surface area contributed by atoms with Crippen LogP contribution >= 0.6 is 0 Å². The fourth-order valence-electron chi connectivity index (χ4n) is 3.37. The molecule has 1 aliphatic rings. The Kier molecular flexibility index (Phi) is 6.50. The second-order valence-corrected chi connectivity index (χ2v) is 8.37. The average Bonchev–Trinajstić information content (AvgIpc) is 2.59. The van der Waals surface area contributed by atoms with Crippen LogP contribution in [-0.2, 0) is 10.2 Å². The molecule has 1 saturated heterocycles. The van der Waals surface area contributed by atoms with Gasteiger partial charge in [0.15, 0.2) is 0 Å². The second-order valence-electron chi connectivity index (χ2n) is 8.37. The van der Waals surface area contributed by atoms with Gasteiger partial charge in [-0.25, -0.2) is 0 Å². The van der Waals surface area contributed by atoms with E-state index >= 15 is 0 Å². The summed E-state index contributed by atoms with van der Waals surface area (Å²) in [6.07, 6.45) is 2.15. The highest BCUT2D eigenvalue weighted by Gasteiger charge is 2.36. The molecule has 2 unspecified atom stereocenters. The van der Waals surface area contributed by atoms with Crippen molar-refractivity contribution in [3.8, 4) is 5.75 Å². The third-order valence-corrected chi connectivity index (χ3v) is 5.18. The van der Waals surface area contributed by atoms with Crippen molar-refractivity contribution in [3.63, 3.8) is 0 Å². The summed E-state index contributed by atoms with van der Waals surface area (Å²) in [5.41, 5.74) is 6.54. The van der Waals surface area contributed by atoms with Crippen LogP contribution in [0.15, 0.2) is 24.3 Å². The number of hydrogen-bond donors (Lipinski definition) is 1. The number of amides is 1. The lowest BCUT2D eigenvalue weighted by atomic mass is 9.81. The third-order valence-electron chi connectivity index (χ3n) is 5.18. The highest BCUT2D eigenvalue weighted by Crippen LogP contribution is 2.30. The Morgan fingerprint density at radius 1 is 1.28 bits per heavy atom. The van der Waals surface area contributed by atoms with Crippen molar-refractivity contribution < 1.29 is 9.53 Å². The molecule has 1 aromatic carbocycles. The zero-order valence-electron chi connectivity index (χ0n) is 16.4. The van der Waals surface area contributed by atoms with Crippen LogP contribution in [0.4, 0.5) is 0 Å². The summed E-state index contributed by atoms with van der Waals surface area (Å²) in [7, 11) is 0. The van der Waals surface area contributed by atoms with Gasteiger partial charge < -0.3 is 15.4 Å². The van der Waals surface area contributed by atoms with E-state index in [-0.39, 0.29) is 11.9 Å². The van der Waals surface area contributed by atoms with Crippen LogP contribution in [0.1, 0.15) is 53.0 Å². The fraction of sp³-hybridized carbons (Fsp3) is 0.667. The Bertz CT molecular complexity index is 564. The number of carbonyl (C=O) groups excluding carboxylic acids is 1. The number of rotatable bonds is 6. The predicted molar refractivity (Wildman–Crippen MR) is 103 cm³/mol. The van der Waals surface area contributed by atoms with Gasteiger partial charge in [0, 0.05) is 19.1 Å². The van der Waals surface area contributed by atoms with E-state index in [1.807, 2.05) is 49.9 Å². The first kappa shape index (κ1) is 19.8. The summed E-state index contributed by atoms with van der Waals surface area (Å²) >= 11 is 0. The molecule has 0 aliphatic carbocycles. The summed E-state index contributed by atoms with van der Waals surface area (Å²) in [6, 6.07) is 8.10. The predicted octanol–water partition coefficient (Wildman–Crippen LogP) is 3.58. The van der Waals surface area contributed by atoms with Gasteiger partial charge in [0.05, 0.1) is 12.0 Å². The van der Waals surface area contributed by atoms with E-state index in [0.29, 0.717) is 18.4 Å². The zero-order valence-corrected chi connectivity index (χ0v) is 16.4. The molecule has 2 rings (SSSR count). The van der Waals surface area contributed by atoms with E-state index in [1.54, 1.807) is 0 Å². The number of nitrogens with two attached hydrogens (primary N) is 1. The summed E-state index contributed by atoms with van der Waals surface area (Å²) in [6.45, 7) is 12.6. The van der Waals surface area contributed by atoms with Crippen molar-refractivity contribution in [2.45, 2.75) is 58.9 Å². The molecule has 0 bridgehead atoms. The molecule has 0 saturated carbocycles. The molecule has 1 fully saturated rings. The van der Waals surface area contributed by atoms with Crippen molar-refractivity contribution in [2.75, 3.05) is 19.7 Å². The summed E-state index contributed by atoms with van der Waals surface area (Å²) in [5, 5.41) is 0. The Balaban J connectivity index is 2.07. The van der Waals surface area contributed by atoms with E-state index in [0.717, 1.165) is 37.2 Å². The monoisotopic (exact) mass is 346 g/mol. The molecule has 25 heavy (non-hydrogen) atoms. The maximum absolute atomic E-state index is 13.1. The molecule has 1 amide bonds. The largest absolute Gasteiger partial charge is 0.493 e. The number of piperidine rings is 1. The number of likely N-dealkylation sites (tertiary alicyclic amines) is 1. The second kappa shape index (κ2) is 8.22. The minimum Gasteiger partial charge on any atom is -0.493 e. The van der Waals surface area contributed by atoms with Crippen LogP contribution in [0, 0.1) is 11.8 Å². The van der Waals surface area contributed by atoms with Crippen LogP contribution in [0.5, 0.6) is 5.75 Å². The van der Waals surface area contributed by atoms with E-state index in [9.17, 15) is 4.79 Å². The highest BCUT2D eigenvalue weighted by molar-refractivity contribution is 5.87. The van der Waals surface area contributed by atoms with E-state index in [4.69, 9.17) is 10.5 Å². The third kappa shape index (κ3) is 4.97. The molecular weight excluding hydrogens is 312 g/mol. The van der Waals surface area contributed by atoms with E-state index in [2.05, 4.69) is 13.8 Å². The van der Waals surface area contributed by atoms with Crippen LogP contribution in [0.3, 0.4) is 0 Å². The molecule has 1 aromatic rings. The van der Waals surface area contributed by atoms with Gasteiger partial charge in [-0.2, -0.15) is 0 Å². The lowest BCUT2D eigenvalue weighted by molar-refractivity contribution is -0.138. The molecule has 2 atom stereocenters. The quantitative estimate of drug-likeness (QED) is 0.856. The van der Waals surface area contributed by atoms with Crippen molar-refractivity contribution in [3.05, 3.63) is 29.8 Å². The van der Waals surface area contributed by atoms with E-state index < -0.39 is 5.41 Å². The van der Waals surface area contributed by atoms with Gasteiger partial charge in [-0.1, -0.05) is 26.0 Å². The van der Waals surface area contributed by atoms with Gasteiger partial charge in [-0.3, -0.25) is 4.79 Å². The average molecular weight is 347 g/mol. The minimum atomic E-state index is -0.545. The number of hydrogen-bond acceptors (Lipinski definition) is 3. The maximum atomic E-state index is 13.1. The van der Waals surface area contributed by atoms with Gasteiger partial charge >= 0.3 is 0 Å². The van der Waals surface area contributed by atoms with E-state index in [1.165, 1.54) is 0 Å². The first-order valence-corrected chi connectivity index (χ1v) is 9.50. The highest BCUT2D eigenvalue weighted by atomic mass is 16.5. The first-order valence-electron chi connectivity index (χ1n) is 9.50. The Hall–Kier alpha value is -1.55. The van der Waals surface area contributed by atoms with Crippen molar-refractivity contribution >= 4 is 5.91 Å². The standard InChI is InChI=1S/C21H34N2O2/c1-15(2)14-25-19-10-8-18(9-11-19)21(4,5)20(24)23-12-6-7-17(13-23)16(3)22/h8-11,15-17H,6-7,12-14,22H2,1-5H3. The molecule has 2 N–H and O–H groups in total. The topological polar surface area (TPSA) is 55.6 Å². The molecule has 0 aromatic heterocycles. The van der Waals surface area contributed by atoms with Gasteiger partial charge in [-0.15, -0.1) is 0 Å². The maximum Gasteiger partial charge on any atom is 0.232 e. The number of nitrogens with zero attached hydrogens (tertiary/aromatic N) is 1. The molecule has 1 aliphatic heterocycles. The smallest absolute Gasteiger partial charge is 0.232 e. The first-order chi connectivity index (χ1) is 11.7. The lowest BCUT2D eigenvalue weighted by Crippen LogP contribution is -2.50. The summed E-state index contributed by atoms with van der Waals surface area (Å²) in [5.74, 6) is 1.94. The molecule has 4 nitrogen and oxygen atoms in total. The molecule has 4 heteroatoms. The molecule has 1 heterocycles. The van der Waals surface area contributed by atoms with Crippen LogP contribution in [0.2, 0.25) is 0 Å². The summed E-state index contributed by atoms with van der Waals surface area (Å²) in [4.78, 5) is 15.1.